The Kier molecular flexibility index (Phi) is 1.83. The third-order valence-electron chi connectivity index (χ3n) is 1.35. The fourth-order valence-corrected chi connectivity index (χ4v) is 1.85. The van der Waals surface area contributed by atoms with Crippen molar-refractivity contribution in [2.75, 3.05) is 7.05 Å². The van der Waals surface area contributed by atoms with E-state index in [-0.39, 0.29) is 0 Å². The van der Waals surface area contributed by atoms with E-state index < -0.39 is 10.9 Å². The summed E-state index contributed by atoms with van der Waals surface area (Å²) < 4.78 is 5.63. The molecule has 0 saturated heterocycles. The standard InChI is InChI=1S/C6H7N5S/c1-11-9-8-10-12(11)6-4-2-3-5-7-6/h2-5H,1H3. The molecular weight excluding hydrogens is 174 g/mol. The summed E-state index contributed by atoms with van der Waals surface area (Å²) in [7, 11) is 1.41. The summed E-state index contributed by atoms with van der Waals surface area (Å²) >= 11 is 0. The number of rotatable bonds is 1. The normalized spacial score (nSPS) is 21.1. The second-order valence-electron chi connectivity index (χ2n) is 2.16. The summed E-state index contributed by atoms with van der Waals surface area (Å²) in [4.78, 5) is 4.17. The summed E-state index contributed by atoms with van der Waals surface area (Å²) in [6.45, 7) is 0. The molecule has 0 bridgehead atoms. The average molecular weight is 181 g/mol. The van der Waals surface area contributed by atoms with Gasteiger partial charge in [-0.2, -0.15) is 0 Å². The van der Waals surface area contributed by atoms with Crippen molar-refractivity contribution in [3.63, 3.8) is 0 Å². The van der Waals surface area contributed by atoms with Crippen molar-refractivity contribution in [3.05, 3.63) is 24.4 Å². The van der Waals surface area contributed by atoms with Crippen LogP contribution in [-0.4, -0.2) is 16.4 Å². The van der Waals surface area contributed by atoms with Crippen molar-refractivity contribution in [2.24, 2.45) is 14.9 Å². The van der Waals surface area contributed by atoms with Crippen molar-refractivity contribution < 1.29 is 0 Å². The van der Waals surface area contributed by atoms with Crippen LogP contribution in [0.25, 0.3) is 0 Å². The Morgan fingerprint density at radius 2 is 2.33 bits per heavy atom. The molecule has 0 spiro atoms. The van der Waals surface area contributed by atoms with E-state index in [0.717, 1.165) is 5.03 Å². The molecule has 1 aromatic heterocycles. The van der Waals surface area contributed by atoms with Gasteiger partial charge in [0, 0.05) is 13.2 Å². The maximum atomic E-state index is 4.17. The van der Waals surface area contributed by atoms with E-state index in [9.17, 15) is 0 Å². The molecule has 1 aliphatic rings. The van der Waals surface area contributed by atoms with E-state index in [0.29, 0.717) is 0 Å². The number of nitrogens with zero attached hydrogens (tertiary/aromatic N) is 5. The highest BCUT2D eigenvalue weighted by Crippen LogP contribution is 2.14. The molecule has 0 saturated carbocycles. The van der Waals surface area contributed by atoms with Gasteiger partial charge in [0.1, 0.15) is 5.03 Å². The first-order valence-corrected chi connectivity index (χ1v) is 4.53. The minimum absolute atomic E-state index is 0.422. The lowest BCUT2D eigenvalue weighted by atomic mass is 10.5. The second kappa shape index (κ2) is 2.98. The zero-order valence-corrected chi connectivity index (χ0v) is 7.27. The highest BCUT2D eigenvalue weighted by molar-refractivity contribution is 7.84. The number of aromatic nitrogens is 1. The van der Waals surface area contributed by atoms with Gasteiger partial charge in [-0.05, 0) is 22.6 Å². The zero-order valence-electron chi connectivity index (χ0n) is 6.45. The predicted molar refractivity (Wildman–Crippen MR) is 44.9 cm³/mol. The van der Waals surface area contributed by atoms with Gasteiger partial charge in [0.15, 0.2) is 0 Å². The molecule has 1 unspecified atom stereocenters. The minimum Gasteiger partial charge on any atom is -0.247 e. The van der Waals surface area contributed by atoms with Crippen LogP contribution in [0.3, 0.4) is 0 Å². The van der Waals surface area contributed by atoms with E-state index in [1.54, 1.807) is 10.6 Å². The Bertz CT molecular complexity index is 333. The summed E-state index contributed by atoms with van der Waals surface area (Å²) in [6.07, 6.45) is 1.74. The van der Waals surface area contributed by atoms with Gasteiger partial charge >= 0.3 is 0 Å². The van der Waals surface area contributed by atoms with E-state index in [1.807, 2.05) is 25.2 Å². The van der Waals surface area contributed by atoms with E-state index in [2.05, 4.69) is 19.9 Å². The predicted octanol–water partition coefficient (Wildman–Crippen LogP) is 1.39. The summed E-state index contributed by atoms with van der Waals surface area (Å²) in [5.74, 6) is 0. The zero-order chi connectivity index (χ0) is 8.39. The van der Waals surface area contributed by atoms with Crippen molar-refractivity contribution >= 4 is 10.9 Å². The first-order chi connectivity index (χ1) is 5.88. The summed E-state index contributed by atoms with van der Waals surface area (Å²) in [5, 5.41) is 8.22. The molecule has 62 valence electrons. The van der Waals surface area contributed by atoms with Crippen molar-refractivity contribution in [3.8, 4) is 0 Å². The van der Waals surface area contributed by atoms with Gasteiger partial charge < -0.3 is 0 Å². The van der Waals surface area contributed by atoms with E-state index in [1.165, 1.54) is 0 Å². The highest BCUT2D eigenvalue weighted by Gasteiger charge is 2.11. The van der Waals surface area contributed by atoms with Crippen LogP contribution in [0.2, 0.25) is 0 Å². The lowest BCUT2D eigenvalue weighted by Crippen LogP contribution is -2.11. The monoisotopic (exact) mass is 181 g/mol. The first kappa shape index (κ1) is 7.35. The van der Waals surface area contributed by atoms with E-state index in [4.69, 9.17) is 0 Å². The van der Waals surface area contributed by atoms with Gasteiger partial charge in [-0.25, -0.2) is 9.40 Å². The third kappa shape index (κ3) is 1.20. The molecule has 0 aliphatic carbocycles. The molecular formula is C6H7N5S. The lowest BCUT2D eigenvalue weighted by Gasteiger charge is -2.06. The van der Waals surface area contributed by atoms with Crippen LogP contribution >= 0.6 is 0 Å². The van der Waals surface area contributed by atoms with Gasteiger partial charge in [-0.15, -0.1) is 0 Å². The van der Waals surface area contributed by atoms with Crippen LogP contribution in [0, 0.1) is 0 Å². The maximum Gasteiger partial charge on any atom is 0.130 e. The smallest absolute Gasteiger partial charge is 0.130 e. The van der Waals surface area contributed by atoms with Gasteiger partial charge in [0.25, 0.3) is 0 Å². The lowest BCUT2D eigenvalue weighted by molar-refractivity contribution is 0.572. The molecule has 0 fully saturated rings. The van der Waals surface area contributed by atoms with Crippen LogP contribution in [0.1, 0.15) is 0 Å². The summed E-state index contributed by atoms with van der Waals surface area (Å²) in [5.41, 5.74) is 0. The van der Waals surface area contributed by atoms with Crippen LogP contribution in [-0.2, 0) is 10.9 Å². The van der Waals surface area contributed by atoms with E-state index >= 15 is 0 Å². The largest absolute Gasteiger partial charge is 0.247 e. The third-order valence-corrected chi connectivity index (χ3v) is 2.77. The fourth-order valence-electron chi connectivity index (χ4n) is 0.827. The van der Waals surface area contributed by atoms with Crippen molar-refractivity contribution in [2.45, 2.75) is 5.03 Å². The molecule has 12 heavy (non-hydrogen) atoms. The SMILES string of the molecule is CN1N=NN=S1c1ccccn1. The number of hydrogen-bond acceptors (Lipinski definition) is 5. The van der Waals surface area contributed by atoms with Gasteiger partial charge in [0.05, 0.1) is 10.9 Å². The Hall–Kier alpha value is -1.30. The number of pyridine rings is 1. The molecule has 2 rings (SSSR count). The molecule has 5 nitrogen and oxygen atoms in total. The number of hydrogen-bond donors (Lipinski definition) is 0. The molecule has 2 heterocycles. The molecule has 1 atom stereocenters. The Morgan fingerprint density at radius 1 is 1.42 bits per heavy atom. The summed E-state index contributed by atoms with van der Waals surface area (Å²) in [6, 6.07) is 5.72. The minimum atomic E-state index is -0.422. The Morgan fingerprint density at radius 3 is 2.92 bits per heavy atom. The molecule has 1 aliphatic heterocycles. The average Bonchev–Trinajstić information content (AvgIpc) is 2.53. The Labute approximate surface area is 72.3 Å². The second-order valence-corrected chi connectivity index (χ2v) is 3.80. The van der Waals surface area contributed by atoms with Crippen LogP contribution in [0.5, 0.6) is 0 Å². The highest BCUT2D eigenvalue weighted by atomic mass is 32.2. The molecule has 0 aromatic carbocycles. The molecule has 0 radical (unpaired) electrons. The van der Waals surface area contributed by atoms with Gasteiger partial charge in [-0.1, -0.05) is 10.5 Å². The van der Waals surface area contributed by atoms with Crippen LogP contribution in [0.15, 0.2) is 44.3 Å². The molecule has 6 heteroatoms. The van der Waals surface area contributed by atoms with Crippen LogP contribution in [0.4, 0.5) is 0 Å². The van der Waals surface area contributed by atoms with Gasteiger partial charge in [-0.3, -0.25) is 0 Å². The fraction of sp³-hybridized carbons (Fsp3) is 0.167. The van der Waals surface area contributed by atoms with Crippen molar-refractivity contribution in [1.82, 2.24) is 9.40 Å². The quantitative estimate of drug-likeness (QED) is 0.657. The Balaban J connectivity index is 2.34. The molecule has 1 aromatic rings. The van der Waals surface area contributed by atoms with Gasteiger partial charge in [0.2, 0.25) is 0 Å². The van der Waals surface area contributed by atoms with Crippen LogP contribution < -0.4 is 0 Å². The molecule has 0 N–H and O–H groups in total. The maximum absolute atomic E-state index is 4.17. The topological polar surface area (TPSA) is 53.2 Å². The molecule has 0 amide bonds. The van der Waals surface area contributed by atoms with Crippen molar-refractivity contribution in [1.29, 1.82) is 0 Å². The first-order valence-electron chi connectivity index (χ1n) is 3.39.